The number of piperidine rings is 1. The van der Waals surface area contributed by atoms with Crippen molar-refractivity contribution in [3.63, 3.8) is 0 Å². The highest BCUT2D eigenvalue weighted by atomic mass is 32.1. The lowest BCUT2D eigenvalue weighted by molar-refractivity contribution is -0.931. The smallest absolute Gasteiger partial charge is 0.415 e. The Kier molecular flexibility index (Phi) is 4.95. The van der Waals surface area contributed by atoms with Gasteiger partial charge >= 0.3 is 6.09 Å². The Morgan fingerprint density at radius 2 is 1.96 bits per heavy atom. The van der Waals surface area contributed by atoms with Crippen molar-refractivity contribution in [3.8, 4) is 0 Å². The van der Waals surface area contributed by atoms with Crippen molar-refractivity contribution in [1.82, 2.24) is 0 Å². The number of fused-ring (bicyclic) bond motifs is 2. The summed E-state index contributed by atoms with van der Waals surface area (Å²) in [7, 11) is 4.59. The number of hydrogen-bond donors (Lipinski definition) is 0. The molecule has 2 aliphatic heterocycles. The van der Waals surface area contributed by atoms with Crippen LogP contribution in [0.5, 0.6) is 0 Å². The molecule has 0 saturated carbocycles. The largest absolute Gasteiger partial charge is 0.445 e. The molecule has 0 spiro atoms. The Bertz CT molecular complexity index is 792. The van der Waals surface area contributed by atoms with Crippen molar-refractivity contribution in [1.29, 1.82) is 0 Å². The quantitative estimate of drug-likeness (QED) is 0.703. The van der Waals surface area contributed by atoms with Crippen LogP contribution in [-0.2, 0) is 11.3 Å². The standard InChI is InChI=1S/C21H26FN2O2S/c1-24(2)17-8-9-18(24)13-19(12-17)26-21(25)23(20-7-4-10-27-20)14-15-5-3-6-16(22)11-15/h3-7,10-11,17-19H,8-9,12-14H2,1-2H3/q+1. The van der Waals surface area contributed by atoms with Gasteiger partial charge in [-0.2, -0.15) is 0 Å². The highest BCUT2D eigenvalue weighted by Gasteiger charge is 2.50. The van der Waals surface area contributed by atoms with Crippen LogP contribution in [0.1, 0.15) is 31.2 Å². The second kappa shape index (κ2) is 7.24. The third-order valence-corrected chi connectivity index (χ3v) is 7.17. The average molecular weight is 390 g/mol. The van der Waals surface area contributed by atoms with E-state index < -0.39 is 0 Å². The number of carbonyl (C=O) groups excluding carboxylic acids is 1. The molecule has 2 unspecified atom stereocenters. The maximum atomic E-state index is 13.6. The fourth-order valence-electron chi connectivity index (χ4n) is 4.61. The number of quaternary nitrogens is 1. The number of hydrogen-bond acceptors (Lipinski definition) is 3. The fourth-order valence-corrected chi connectivity index (χ4v) is 5.33. The molecule has 1 amide bonds. The summed E-state index contributed by atoms with van der Waals surface area (Å²) in [6.45, 7) is 0.304. The normalized spacial score (nSPS) is 26.0. The number of anilines is 1. The molecule has 2 aromatic rings. The lowest BCUT2D eigenvalue weighted by atomic mass is 9.98. The molecule has 1 aromatic heterocycles. The maximum Gasteiger partial charge on any atom is 0.415 e. The predicted molar refractivity (Wildman–Crippen MR) is 105 cm³/mol. The molecule has 2 aliphatic rings. The van der Waals surface area contributed by atoms with Gasteiger partial charge in [0.15, 0.2) is 0 Å². The van der Waals surface area contributed by atoms with Gasteiger partial charge in [0.05, 0.1) is 32.7 Å². The summed E-state index contributed by atoms with van der Waals surface area (Å²) in [6, 6.07) is 11.3. The van der Waals surface area contributed by atoms with Gasteiger partial charge in [-0.25, -0.2) is 9.18 Å². The summed E-state index contributed by atoms with van der Waals surface area (Å²) < 4.78 is 20.6. The Hall–Kier alpha value is -1.92. The highest BCUT2D eigenvalue weighted by Crippen LogP contribution is 2.40. The number of rotatable bonds is 4. The number of thiophene rings is 1. The number of amides is 1. The molecule has 6 heteroatoms. The van der Waals surface area contributed by atoms with E-state index in [2.05, 4.69) is 14.1 Å². The van der Waals surface area contributed by atoms with E-state index in [0.717, 1.165) is 27.9 Å². The molecule has 4 rings (SSSR count). The van der Waals surface area contributed by atoms with Crippen LogP contribution in [0.15, 0.2) is 41.8 Å². The van der Waals surface area contributed by atoms with Crippen LogP contribution in [0.3, 0.4) is 0 Å². The van der Waals surface area contributed by atoms with Gasteiger partial charge in [0.25, 0.3) is 0 Å². The molecule has 1 aromatic carbocycles. The van der Waals surface area contributed by atoms with E-state index >= 15 is 0 Å². The number of benzene rings is 1. The topological polar surface area (TPSA) is 29.5 Å². The Labute approximate surface area is 163 Å². The van der Waals surface area contributed by atoms with Crippen LogP contribution in [0.25, 0.3) is 0 Å². The van der Waals surface area contributed by atoms with E-state index in [1.54, 1.807) is 11.0 Å². The van der Waals surface area contributed by atoms with Gasteiger partial charge in [-0.3, -0.25) is 4.90 Å². The van der Waals surface area contributed by atoms with Crippen molar-refractivity contribution in [2.45, 2.75) is 50.4 Å². The monoisotopic (exact) mass is 389 g/mol. The second-order valence-corrected chi connectivity index (χ2v) is 9.08. The summed E-state index contributed by atoms with van der Waals surface area (Å²) in [5.41, 5.74) is 0.752. The number of ether oxygens (including phenoxy) is 1. The lowest BCUT2D eigenvalue weighted by Gasteiger charge is -2.44. The summed E-state index contributed by atoms with van der Waals surface area (Å²) in [4.78, 5) is 14.6. The van der Waals surface area contributed by atoms with Crippen LogP contribution in [0.4, 0.5) is 14.2 Å². The molecule has 0 aliphatic carbocycles. The summed E-state index contributed by atoms with van der Waals surface area (Å²) >= 11 is 1.49. The van der Waals surface area contributed by atoms with Gasteiger partial charge in [0, 0.05) is 25.7 Å². The van der Waals surface area contributed by atoms with E-state index in [0.29, 0.717) is 18.6 Å². The van der Waals surface area contributed by atoms with E-state index in [1.807, 2.05) is 23.6 Å². The molecule has 4 nitrogen and oxygen atoms in total. The zero-order valence-corrected chi connectivity index (χ0v) is 16.6. The molecule has 27 heavy (non-hydrogen) atoms. The van der Waals surface area contributed by atoms with E-state index in [-0.39, 0.29) is 18.0 Å². The molecular formula is C21H26FN2O2S+. The van der Waals surface area contributed by atoms with E-state index in [9.17, 15) is 9.18 Å². The predicted octanol–water partition coefficient (Wildman–Crippen LogP) is 4.80. The molecule has 0 radical (unpaired) electrons. The van der Waals surface area contributed by atoms with Crippen molar-refractivity contribution < 1.29 is 18.4 Å². The second-order valence-electron chi connectivity index (χ2n) is 8.16. The third kappa shape index (κ3) is 3.73. The lowest BCUT2D eigenvalue weighted by Crippen LogP contribution is -2.56. The first-order valence-corrected chi connectivity index (χ1v) is 10.4. The van der Waals surface area contributed by atoms with Crippen LogP contribution in [-0.4, -0.2) is 42.9 Å². The van der Waals surface area contributed by atoms with E-state index in [1.165, 1.54) is 36.3 Å². The zero-order chi connectivity index (χ0) is 19.0. The van der Waals surface area contributed by atoms with E-state index in [4.69, 9.17) is 4.74 Å². The van der Waals surface area contributed by atoms with Gasteiger partial charge in [-0.1, -0.05) is 12.1 Å². The van der Waals surface area contributed by atoms with Gasteiger partial charge < -0.3 is 9.22 Å². The molecule has 2 saturated heterocycles. The zero-order valence-electron chi connectivity index (χ0n) is 15.8. The average Bonchev–Trinajstić information content (AvgIpc) is 3.16. The summed E-state index contributed by atoms with van der Waals surface area (Å²) in [5.74, 6) is -0.296. The Balaban J connectivity index is 1.48. The van der Waals surface area contributed by atoms with Gasteiger partial charge in [0.1, 0.15) is 16.9 Å². The molecule has 144 valence electrons. The van der Waals surface area contributed by atoms with Crippen LogP contribution < -0.4 is 4.90 Å². The Morgan fingerprint density at radius 3 is 2.59 bits per heavy atom. The minimum absolute atomic E-state index is 0.0314. The summed E-state index contributed by atoms with van der Waals surface area (Å²) in [5, 5.41) is 2.75. The number of carbonyl (C=O) groups is 1. The third-order valence-electron chi connectivity index (χ3n) is 6.28. The molecule has 3 heterocycles. The molecule has 2 bridgehead atoms. The molecular weight excluding hydrogens is 363 g/mol. The van der Waals surface area contributed by atoms with Crippen molar-refractivity contribution in [2.24, 2.45) is 0 Å². The first-order valence-electron chi connectivity index (χ1n) is 9.53. The first-order chi connectivity index (χ1) is 12.9. The number of nitrogens with zero attached hydrogens (tertiary/aromatic N) is 2. The fraction of sp³-hybridized carbons (Fsp3) is 0.476. The van der Waals surface area contributed by atoms with Crippen molar-refractivity contribution in [2.75, 3.05) is 19.0 Å². The molecule has 2 fully saturated rings. The van der Waals surface area contributed by atoms with Crippen LogP contribution in [0, 0.1) is 5.82 Å². The summed E-state index contributed by atoms with van der Waals surface area (Å²) in [6.07, 6.45) is 3.91. The van der Waals surface area contributed by atoms with Gasteiger partial charge in [-0.15, -0.1) is 11.3 Å². The SMILES string of the molecule is C[N+]1(C)C2CCC1CC(OC(=O)N(Cc1cccc(F)c1)c1cccs1)C2. The maximum absolute atomic E-state index is 13.6. The Morgan fingerprint density at radius 1 is 1.22 bits per heavy atom. The molecule has 2 atom stereocenters. The van der Waals surface area contributed by atoms with Crippen LogP contribution >= 0.6 is 11.3 Å². The van der Waals surface area contributed by atoms with Crippen molar-refractivity contribution in [3.05, 3.63) is 53.2 Å². The van der Waals surface area contributed by atoms with Crippen molar-refractivity contribution >= 4 is 22.4 Å². The van der Waals surface area contributed by atoms with Gasteiger partial charge in [-0.05, 0) is 35.2 Å². The van der Waals surface area contributed by atoms with Crippen LogP contribution in [0.2, 0.25) is 0 Å². The number of halogens is 1. The first kappa shape index (κ1) is 18.4. The minimum Gasteiger partial charge on any atom is -0.445 e. The minimum atomic E-state index is -0.335. The van der Waals surface area contributed by atoms with Gasteiger partial charge in [0.2, 0.25) is 0 Å². The highest BCUT2D eigenvalue weighted by molar-refractivity contribution is 7.14. The molecule has 0 N–H and O–H groups in total.